The lowest BCUT2D eigenvalue weighted by molar-refractivity contribution is -0.156. The number of piperazine rings is 1. The Morgan fingerprint density at radius 3 is 2.33 bits per heavy atom. The van der Waals surface area contributed by atoms with E-state index >= 15 is 0 Å². The van der Waals surface area contributed by atoms with Crippen LogP contribution in [-0.4, -0.2) is 70.7 Å². The first-order valence-electron chi connectivity index (χ1n) is 4.97. The molecule has 1 heterocycles. The van der Waals surface area contributed by atoms with Crippen molar-refractivity contribution in [1.29, 1.82) is 0 Å². The van der Waals surface area contributed by atoms with Gasteiger partial charge < -0.3 is 20.0 Å². The molecule has 6 nitrogen and oxygen atoms in total. The van der Waals surface area contributed by atoms with Gasteiger partial charge in [-0.1, -0.05) is 0 Å². The number of hydrogen-bond acceptors (Lipinski definition) is 4. The van der Waals surface area contributed by atoms with E-state index in [0.29, 0.717) is 19.6 Å². The number of amides is 2. The average Bonchev–Trinajstić information content (AvgIpc) is 2.25. The third-order valence-electron chi connectivity index (χ3n) is 2.42. The molecule has 1 fully saturated rings. The summed E-state index contributed by atoms with van der Waals surface area (Å²) in [5.74, 6) is -1.13. The van der Waals surface area contributed by atoms with E-state index in [9.17, 15) is 9.59 Å². The number of hydrogen-bond donors (Lipinski definition) is 2. The van der Waals surface area contributed by atoms with E-state index in [-0.39, 0.29) is 6.54 Å². The van der Waals surface area contributed by atoms with Crippen LogP contribution < -0.4 is 0 Å². The molecule has 0 radical (unpaired) electrons. The van der Waals surface area contributed by atoms with Crippen LogP contribution in [0.1, 0.15) is 6.92 Å². The van der Waals surface area contributed by atoms with Crippen LogP contribution in [0.25, 0.3) is 0 Å². The van der Waals surface area contributed by atoms with Crippen molar-refractivity contribution in [3.63, 3.8) is 0 Å². The molecule has 0 aromatic rings. The minimum absolute atomic E-state index is 0.0125. The van der Waals surface area contributed by atoms with Gasteiger partial charge in [0.2, 0.25) is 0 Å². The molecule has 1 aliphatic heterocycles. The quantitative estimate of drug-likeness (QED) is 0.534. The van der Waals surface area contributed by atoms with Crippen LogP contribution in [0.2, 0.25) is 0 Å². The molecule has 2 N–H and O–H groups in total. The summed E-state index contributed by atoms with van der Waals surface area (Å²) in [5, 5.41) is 17.8. The third-order valence-corrected chi connectivity index (χ3v) is 2.42. The fraction of sp³-hybridized carbons (Fsp3) is 0.778. The summed E-state index contributed by atoms with van der Waals surface area (Å²) in [6, 6.07) is 0. The number of carbonyl (C=O) groups is 2. The van der Waals surface area contributed by atoms with Gasteiger partial charge in [-0.3, -0.25) is 9.59 Å². The van der Waals surface area contributed by atoms with Crippen molar-refractivity contribution in [3.05, 3.63) is 0 Å². The zero-order valence-corrected chi connectivity index (χ0v) is 8.72. The van der Waals surface area contributed by atoms with Gasteiger partial charge >= 0.3 is 11.8 Å². The van der Waals surface area contributed by atoms with Crippen LogP contribution in [0.15, 0.2) is 0 Å². The summed E-state index contributed by atoms with van der Waals surface area (Å²) in [6.07, 6.45) is -0.977. The molecule has 0 saturated carbocycles. The molecule has 1 rings (SSSR count). The molecule has 0 aromatic carbocycles. The zero-order valence-electron chi connectivity index (χ0n) is 8.72. The molecule has 1 saturated heterocycles. The predicted octanol–water partition coefficient (Wildman–Crippen LogP) is -1.97. The average molecular weight is 216 g/mol. The van der Waals surface area contributed by atoms with Crippen LogP contribution >= 0.6 is 0 Å². The summed E-state index contributed by atoms with van der Waals surface area (Å²) in [5.41, 5.74) is 0. The molecular weight excluding hydrogens is 200 g/mol. The Balaban J connectivity index is 2.57. The molecule has 6 heteroatoms. The van der Waals surface area contributed by atoms with Crippen LogP contribution in [-0.2, 0) is 9.59 Å². The Hall–Kier alpha value is -1.14. The number of likely N-dealkylation sites (N-methyl/N-ethyl adjacent to an activating group) is 1. The van der Waals surface area contributed by atoms with Crippen LogP contribution in [0.4, 0.5) is 0 Å². The van der Waals surface area contributed by atoms with Crippen molar-refractivity contribution in [2.75, 3.05) is 32.8 Å². The lowest BCUT2D eigenvalue weighted by atomic mass is 10.2. The highest BCUT2D eigenvalue weighted by molar-refractivity contribution is 6.35. The summed E-state index contributed by atoms with van der Waals surface area (Å²) >= 11 is 0. The van der Waals surface area contributed by atoms with Gasteiger partial charge in [0.05, 0.1) is 12.7 Å². The molecule has 1 unspecified atom stereocenters. The molecule has 2 amide bonds. The molecule has 1 aliphatic rings. The summed E-state index contributed by atoms with van der Waals surface area (Å²) in [6.45, 7) is 2.83. The van der Waals surface area contributed by atoms with Crippen LogP contribution in [0.5, 0.6) is 0 Å². The smallest absolute Gasteiger partial charge is 0.312 e. The fourth-order valence-corrected chi connectivity index (χ4v) is 1.50. The van der Waals surface area contributed by atoms with E-state index in [0.717, 1.165) is 0 Å². The van der Waals surface area contributed by atoms with Crippen LogP contribution in [0, 0.1) is 0 Å². The highest BCUT2D eigenvalue weighted by atomic mass is 16.3. The maximum atomic E-state index is 11.5. The summed E-state index contributed by atoms with van der Waals surface area (Å²) in [4.78, 5) is 25.7. The van der Waals surface area contributed by atoms with Crippen molar-refractivity contribution < 1.29 is 19.8 Å². The standard InChI is InChI=1S/C9H16N2O4/c1-2-10-3-4-11(5-7(13)6-12)9(15)8(10)14/h7,12-13H,2-6H2,1H3. The van der Waals surface area contributed by atoms with Crippen molar-refractivity contribution in [3.8, 4) is 0 Å². The maximum Gasteiger partial charge on any atom is 0.312 e. The molecule has 0 aliphatic carbocycles. The second-order valence-electron chi connectivity index (χ2n) is 3.47. The molecule has 86 valence electrons. The van der Waals surface area contributed by atoms with Gasteiger partial charge in [-0.25, -0.2) is 0 Å². The Bertz CT molecular complexity index is 256. The van der Waals surface area contributed by atoms with Gasteiger partial charge in [0.15, 0.2) is 0 Å². The van der Waals surface area contributed by atoms with Crippen molar-refractivity contribution in [2.24, 2.45) is 0 Å². The van der Waals surface area contributed by atoms with E-state index < -0.39 is 24.5 Å². The SMILES string of the molecule is CCN1CCN(CC(O)CO)C(=O)C1=O. The van der Waals surface area contributed by atoms with Gasteiger partial charge in [-0.05, 0) is 6.92 Å². The first kappa shape index (κ1) is 11.9. The van der Waals surface area contributed by atoms with Crippen molar-refractivity contribution in [1.82, 2.24) is 9.80 Å². The van der Waals surface area contributed by atoms with E-state index in [1.54, 1.807) is 0 Å². The van der Waals surface area contributed by atoms with Gasteiger partial charge in [0, 0.05) is 26.2 Å². The molecule has 0 aromatic heterocycles. The third kappa shape index (κ3) is 2.66. The second kappa shape index (κ2) is 5.09. The Morgan fingerprint density at radius 1 is 1.27 bits per heavy atom. The topological polar surface area (TPSA) is 81.1 Å². The summed E-state index contributed by atoms with van der Waals surface area (Å²) < 4.78 is 0. The minimum Gasteiger partial charge on any atom is -0.394 e. The number of carbonyl (C=O) groups excluding carboxylic acids is 2. The minimum atomic E-state index is -0.977. The van der Waals surface area contributed by atoms with Crippen molar-refractivity contribution >= 4 is 11.8 Å². The number of aliphatic hydroxyl groups excluding tert-OH is 2. The number of nitrogens with zero attached hydrogens (tertiary/aromatic N) is 2. The largest absolute Gasteiger partial charge is 0.394 e. The lowest BCUT2D eigenvalue weighted by Crippen LogP contribution is -2.55. The monoisotopic (exact) mass is 216 g/mol. The highest BCUT2D eigenvalue weighted by Gasteiger charge is 2.32. The first-order valence-corrected chi connectivity index (χ1v) is 4.97. The van der Waals surface area contributed by atoms with Crippen molar-refractivity contribution in [2.45, 2.75) is 13.0 Å². The predicted molar refractivity (Wildman–Crippen MR) is 51.9 cm³/mol. The van der Waals surface area contributed by atoms with E-state index in [1.807, 2.05) is 6.92 Å². The second-order valence-corrected chi connectivity index (χ2v) is 3.47. The highest BCUT2D eigenvalue weighted by Crippen LogP contribution is 2.05. The Labute approximate surface area is 88.1 Å². The van der Waals surface area contributed by atoms with Gasteiger partial charge in [-0.15, -0.1) is 0 Å². The number of rotatable bonds is 4. The van der Waals surface area contributed by atoms with Crippen LogP contribution in [0.3, 0.4) is 0 Å². The fourth-order valence-electron chi connectivity index (χ4n) is 1.50. The van der Waals surface area contributed by atoms with E-state index in [2.05, 4.69) is 0 Å². The molecule has 0 spiro atoms. The molecular formula is C9H16N2O4. The molecule has 15 heavy (non-hydrogen) atoms. The zero-order chi connectivity index (χ0) is 11.4. The van der Waals surface area contributed by atoms with Gasteiger partial charge in [0.25, 0.3) is 0 Å². The van der Waals surface area contributed by atoms with E-state index in [1.165, 1.54) is 9.80 Å². The number of β-amino-alcohol motifs (C(OH)–C–C–N with tert-alkyl or cyclic N) is 1. The Morgan fingerprint density at radius 2 is 1.80 bits per heavy atom. The van der Waals surface area contributed by atoms with E-state index in [4.69, 9.17) is 10.2 Å². The normalized spacial score (nSPS) is 19.7. The first-order chi connectivity index (χ1) is 7.10. The number of aliphatic hydroxyl groups is 2. The molecule has 0 bridgehead atoms. The van der Waals surface area contributed by atoms with Gasteiger partial charge in [-0.2, -0.15) is 0 Å². The van der Waals surface area contributed by atoms with Gasteiger partial charge in [0.1, 0.15) is 0 Å². The maximum absolute atomic E-state index is 11.5. The molecule has 1 atom stereocenters. The Kier molecular flexibility index (Phi) is 4.05. The lowest BCUT2D eigenvalue weighted by Gasteiger charge is -2.33. The summed E-state index contributed by atoms with van der Waals surface area (Å²) in [7, 11) is 0.